The molecule has 0 unspecified atom stereocenters. The normalized spacial score (nSPS) is 10.7. The molecule has 0 atom stereocenters. The van der Waals surface area contributed by atoms with Crippen molar-refractivity contribution in [2.45, 2.75) is 6.92 Å². The van der Waals surface area contributed by atoms with Crippen LogP contribution in [0.15, 0.2) is 58.6 Å². The van der Waals surface area contributed by atoms with E-state index in [1.54, 1.807) is 24.3 Å². The Morgan fingerprint density at radius 1 is 1.26 bits per heavy atom. The topological polar surface area (TPSA) is 62.1 Å². The summed E-state index contributed by atoms with van der Waals surface area (Å²) in [6.45, 7) is 2.39. The average molecular weight is 371 g/mol. The van der Waals surface area contributed by atoms with Crippen molar-refractivity contribution in [1.29, 1.82) is 5.26 Å². The standard InChI is InChI=1S/C18H15BrN2O2/c1-2-23-17-10-6-3-7-13(17)11-14(12-20)18(22)21-16-9-5-4-8-15(16)19/h3-11H,2H2,1H3,(H,21,22). The molecule has 0 radical (unpaired) electrons. The van der Waals surface area contributed by atoms with Crippen LogP contribution in [0.25, 0.3) is 6.08 Å². The second-order valence-electron chi connectivity index (χ2n) is 4.57. The minimum absolute atomic E-state index is 0.00732. The van der Waals surface area contributed by atoms with E-state index in [9.17, 15) is 10.1 Å². The molecule has 0 bridgehead atoms. The van der Waals surface area contributed by atoms with Gasteiger partial charge >= 0.3 is 0 Å². The van der Waals surface area contributed by atoms with Gasteiger partial charge in [0, 0.05) is 10.0 Å². The van der Waals surface area contributed by atoms with Crippen LogP contribution in [0.4, 0.5) is 5.69 Å². The number of nitriles is 1. The van der Waals surface area contributed by atoms with Gasteiger partial charge in [-0.2, -0.15) is 5.26 Å². The summed E-state index contributed by atoms with van der Waals surface area (Å²) in [5.41, 5.74) is 1.30. The number of para-hydroxylation sites is 2. The maximum atomic E-state index is 12.3. The van der Waals surface area contributed by atoms with Gasteiger partial charge in [-0.25, -0.2) is 0 Å². The summed E-state index contributed by atoms with van der Waals surface area (Å²) >= 11 is 3.36. The summed E-state index contributed by atoms with van der Waals surface area (Å²) in [6, 6.07) is 16.4. The Labute approximate surface area is 143 Å². The molecule has 0 aliphatic carbocycles. The summed E-state index contributed by atoms with van der Waals surface area (Å²) in [5, 5.41) is 12.0. The monoisotopic (exact) mass is 370 g/mol. The zero-order valence-electron chi connectivity index (χ0n) is 12.5. The Hall–Kier alpha value is -2.58. The van der Waals surface area contributed by atoms with Crippen LogP contribution >= 0.6 is 15.9 Å². The first kappa shape index (κ1) is 16.8. The molecule has 0 spiro atoms. The summed E-state index contributed by atoms with van der Waals surface area (Å²) in [7, 11) is 0. The van der Waals surface area contributed by atoms with Gasteiger partial charge in [-0.1, -0.05) is 30.3 Å². The lowest BCUT2D eigenvalue weighted by atomic mass is 10.1. The second-order valence-corrected chi connectivity index (χ2v) is 5.43. The zero-order chi connectivity index (χ0) is 16.7. The van der Waals surface area contributed by atoms with E-state index in [4.69, 9.17) is 4.74 Å². The number of halogens is 1. The maximum Gasteiger partial charge on any atom is 0.266 e. The van der Waals surface area contributed by atoms with Gasteiger partial charge in [-0.05, 0) is 47.1 Å². The van der Waals surface area contributed by atoms with E-state index in [-0.39, 0.29) is 5.57 Å². The third-order valence-corrected chi connectivity index (χ3v) is 3.70. The number of hydrogen-bond acceptors (Lipinski definition) is 3. The number of carbonyl (C=O) groups is 1. The van der Waals surface area contributed by atoms with Crippen LogP contribution in [0.3, 0.4) is 0 Å². The molecule has 0 fully saturated rings. The Morgan fingerprint density at radius 3 is 2.65 bits per heavy atom. The van der Waals surface area contributed by atoms with Gasteiger partial charge in [0.15, 0.2) is 0 Å². The summed E-state index contributed by atoms with van der Waals surface area (Å²) in [4.78, 5) is 12.3. The molecule has 0 aromatic heterocycles. The van der Waals surface area contributed by atoms with E-state index in [0.29, 0.717) is 23.6 Å². The first-order valence-electron chi connectivity index (χ1n) is 7.05. The minimum Gasteiger partial charge on any atom is -0.493 e. The van der Waals surface area contributed by atoms with Crippen molar-refractivity contribution in [3.63, 3.8) is 0 Å². The van der Waals surface area contributed by atoms with Gasteiger partial charge < -0.3 is 10.1 Å². The molecule has 1 amide bonds. The quantitative estimate of drug-likeness (QED) is 0.626. The third kappa shape index (κ3) is 4.44. The highest BCUT2D eigenvalue weighted by molar-refractivity contribution is 9.10. The van der Waals surface area contributed by atoms with Crippen LogP contribution in [0.5, 0.6) is 5.75 Å². The molecule has 0 saturated heterocycles. The second kappa shape index (κ2) is 8.16. The highest BCUT2D eigenvalue weighted by Crippen LogP contribution is 2.24. The SMILES string of the molecule is CCOc1ccccc1C=C(C#N)C(=O)Nc1ccccc1Br. The molecule has 2 aromatic rings. The fourth-order valence-corrected chi connectivity index (χ4v) is 2.33. The number of rotatable bonds is 5. The number of ether oxygens (including phenoxy) is 1. The van der Waals surface area contributed by atoms with Crippen molar-refractivity contribution < 1.29 is 9.53 Å². The number of nitrogens with one attached hydrogen (secondary N) is 1. The molecule has 0 saturated carbocycles. The Balaban J connectivity index is 2.27. The molecule has 23 heavy (non-hydrogen) atoms. The van der Waals surface area contributed by atoms with Gasteiger partial charge in [0.25, 0.3) is 5.91 Å². The molecule has 0 aliphatic heterocycles. The van der Waals surface area contributed by atoms with E-state index in [1.165, 1.54) is 6.08 Å². The van der Waals surface area contributed by atoms with E-state index in [2.05, 4.69) is 21.2 Å². The molecule has 4 nitrogen and oxygen atoms in total. The lowest BCUT2D eigenvalue weighted by molar-refractivity contribution is -0.112. The van der Waals surface area contributed by atoms with E-state index >= 15 is 0 Å². The zero-order valence-corrected chi connectivity index (χ0v) is 14.1. The smallest absolute Gasteiger partial charge is 0.266 e. The van der Waals surface area contributed by atoms with Crippen LogP contribution in [0.2, 0.25) is 0 Å². The van der Waals surface area contributed by atoms with Crippen LogP contribution < -0.4 is 10.1 Å². The molecule has 5 heteroatoms. The van der Waals surface area contributed by atoms with Crippen LogP contribution in [-0.4, -0.2) is 12.5 Å². The first-order chi connectivity index (χ1) is 11.2. The van der Waals surface area contributed by atoms with Gasteiger partial charge in [0.05, 0.1) is 12.3 Å². The minimum atomic E-state index is -0.467. The Kier molecular flexibility index (Phi) is 5.95. The van der Waals surface area contributed by atoms with Crippen LogP contribution in [0.1, 0.15) is 12.5 Å². The van der Waals surface area contributed by atoms with Crippen molar-refractivity contribution >= 4 is 33.6 Å². The number of anilines is 1. The molecular weight excluding hydrogens is 356 g/mol. The van der Waals surface area contributed by atoms with Crippen molar-refractivity contribution in [3.8, 4) is 11.8 Å². The molecule has 2 aromatic carbocycles. The predicted octanol–water partition coefficient (Wildman–Crippen LogP) is 4.39. The predicted molar refractivity (Wildman–Crippen MR) is 94.0 cm³/mol. The largest absolute Gasteiger partial charge is 0.493 e. The van der Waals surface area contributed by atoms with Crippen molar-refractivity contribution in [2.75, 3.05) is 11.9 Å². The van der Waals surface area contributed by atoms with E-state index in [0.717, 1.165) is 4.47 Å². The average Bonchev–Trinajstić information content (AvgIpc) is 2.56. The number of nitrogens with zero attached hydrogens (tertiary/aromatic N) is 1. The van der Waals surface area contributed by atoms with Gasteiger partial charge in [-0.3, -0.25) is 4.79 Å². The fourth-order valence-electron chi connectivity index (χ4n) is 1.94. The number of benzene rings is 2. The van der Waals surface area contributed by atoms with Crippen molar-refractivity contribution in [1.82, 2.24) is 0 Å². The molecule has 0 heterocycles. The summed E-state index contributed by atoms with van der Waals surface area (Å²) in [6.07, 6.45) is 1.52. The van der Waals surface area contributed by atoms with Crippen LogP contribution in [0, 0.1) is 11.3 Å². The molecule has 1 N–H and O–H groups in total. The number of carbonyl (C=O) groups excluding carboxylic acids is 1. The number of hydrogen-bond donors (Lipinski definition) is 1. The van der Waals surface area contributed by atoms with Crippen LogP contribution in [-0.2, 0) is 4.79 Å². The van der Waals surface area contributed by atoms with E-state index in [1.807, 2.05) is 37.3 Å². The fraction of sp³-hybridized carbons (Fsp3) is 0.111. The first-order valence-corrected chi connectivity index (χ1v) is 7.84. The Morgan fingerprint density at radius 2 is 1.96 bits per heavy atom. The molecule has 116 valence electrons. The molecule has 2 rings (SSSR count). The summed E-state index contributed by atoms with van der Waals surface area (Å²) in [5.74, 6) is 0.169. The highest BCUT2D eigenvalue weighted by atomic mass is 79.9. The maximum absolute atomic E-state index is 12.3. The summed E-state index contributed by atoms with van der Waals surface area (Å²) < 4.78 is 6.26. The van der Waals surface area contributed by atoms with E-state index < -0.39 is 5.91 Å². The number of amides is 1. The van der Waals surface area contributed by atoms with Crippen molar-refractivity contribution in [3.05, 3.63) is 64.1 Å². The highest BCUT2D eigenvalue weighted by Gasteiger charge is 2.12. The Bertz CT molecular complexity index is 779. The van der Waals surface area contributed by atoms with Gasteiger partial charge in [-0.15, -0.1) is 0 Å². The van der Waals surface area contributed by atoms with Gasteiger partial charge in [0.2, 0.25) is 0 Å². The van der Waals surface area contributed by atoms with Gasteiger partial charge in [0.1, 0.15) is 17.4 Å². The lowest BCUT2D eigenvalue weighted by Gasteiger charge is -2.08. The molecular formula is C18H15BrN2O2. The third-order valence-electron chi connectivity index (χ3n) is 3.01. The lowest BCUT2D eigenvalue weighted by Crippen LogP contribution is -2.13. The molecule has 0 aliphatic rings. The van der Waals surface area contributed by atoms with Crippen molar-refractivity contribution in [2.24, 2.45) is 0 Å².